The first-order chi connectivity index (χ1) is 11.5. The lowest BCUT2D eigenvalue weighted by Gasteiger charge is -2.34. The zero-order valence-corrected chi connectivity index (χ0v) is 14.7. The van der Waals surface area contributed by atoms with Crippen molar-refractivity contribution in [2.45, 2.75) is 46.1 Å². The van der Waals surface area contributed by atoms with Crippen LogP contribution in [0.1, 0.15) is 45.6 Å². The normalized spacial score (nSPS) is 23.2. The number of nitrogens with one attached hydrogen (secondary N) is 1. The number of hydrogen-bond acceptors (Lipinski definition) is 4. The Balaban J connectivity index is 1.93. The standard InChI is InChI=1S/C19H26N2O3/c1-4-23-18-10-15(11-20)8-9-17(18)24-12-19(22)21-16-7-5-6-13(2)14(16)3/h8-10,13-14,16H,4-7,12H2,1-3H3,(H,21,22). The third-order valence-electron chi connectivity index (χ3n) is 4.78. The average Bonchev–Trinajstić information content (AvgIpc) is 2.58. The number of nitrogens with zero attached hydrogens (tertiary/aromatic N) is 1. The zero-order chi connectivity index (χ0) is 17.5. The average molecular weight is 330 g/mol. The number of nitriles is 1. The van der Waals surface area contributed by atoms with Crippen molar-refractivity contribution in [2.75, 3.05) is 13.2 Å². The lowest BCUT2D eigenvalue weighted by atomic mass is 9.78. The van der Waals surface area contributed by atoms with Crippen LogP contribution in [-0.2, 0) is 4.79 Å². The van der Waals surface area contributed by atoms with E-state index in [9.17, 15) is 4.79 Å². The van der Waals surface area contributed by atoms with Gasteiger partial charge in [-0.25, -0.2) is 0 Å². The minimum atomic E-state index is -0.118. The molecule has 1 saturated carbocycles. The Morgan fingerprint density at radius 2 is 2.08 bits per heavy atom. The van der Waals surface area contributed by atoms with Crippen molar-refractivity contribution in [2.24, 2.45) is 11.8 Å². The third-order valence-corrected chi connectivity index (χ3v) is 4.78. The van der Waals surface area contributed by atoms with E-state index in [4.69, 9.17) is 14.7 Å². The summed E-state index contributed by atoms with van der Waals surface area (Å²) in [5.41, 5.74) is 0.500. The predicted octanol–water partition coefficient (Wildman–Crippen LogP) is 3.28. The van der Waals surface area contributed by atoms with Crippen molar-refractivity contribution in [1.82, 2.24) is 5.32 Å². The van der Waals surface area contributed by atoms with Gasteiger partial charge in [-0.3, -0.25) is 4.79 Å². The van der Waals surface area contributed by atoms with Gasteiger partial charge in [0.1, 0.15) is 0 Å². The number of amides is 1. The SMILES string of the molecule is CCOc1cc(C#N)ccc1OCC(=O)NC1CCCC(C)C1C. The Labute approximate surface area is 144 Å². The van der Waals surface area contributed by atoms with Gasteiger partial charge in [0.2, 0.25) is 0 Å². The first-order valence-corrected chi connectivity index (χ1v) is 8.64. The summed E-state index contributed by atoms with van der Waals surface area (Å²) < 4.78 is 11.1. The summed E-state index contributed by atoms with van der Waals surface area (Å²) in [5, 5.41) is 12.0. The molecule has 3 atom stereocenters. The molecule has 5 nitrogen and oxygen atoms in total. The molecule has 3 unspecified atom stereocenters. The van der Waals surface area contributed by atoms with Crippen LogP contribution in [0.15, 0.2) is 18.2 Å². The summed E-state index contributed by atoms with van der Waals surface area (Å²) in [5.74, 6) is 1.97. The van der Waals surface area contributed by atoms with Crippen LogP contribution in [0.3, 0.4) is 0 Å². The molecular weight excluding hydrogens is 304 g/mol. The summed E-state index contributed by atoms with van der Waals surface area (Å²) in [6.45, 7) is 6.72. The minimum Gasteiger partial charge on any atom is -0.490 e. The van der Waals surface area contributed by atoms with Gasteiger partial charge in [-0.1, -0.05) is 26.7 Å². The van der Waals surface area contributed by atoms with Crippen LogP contribution in [0.4, 0.5) is 0 Å². The molecule has 0 radical (unpaired) electrons. The number of benzene rings is 1. The Hall–Kier alpha value is -2.22. The van der Waals surface area contributed by atoms with E-state index >= 15 is 0 Å². The molecule has 1 amide bonds. The highest BCUT2D eigenvalue weighted by Gasteiger charge is 2.28. The first-order valence-electron chi connectivity index (χ1n) is 8.64. The van der Waals surface area contributed by atoms with Crippen LogP contribution in [-0.4, -0.2) is 25.2 Å². The maximum absolute atomic E-state index is 12.2. The van der Waals surface area contributed by atoms with Gasteiger partial charge < -0.3 is 14.8 Å². The summed E-state index contributed by atoms with van der Waals surface area (Å²) in [6.07, 6.45) is 3.41. The first kappa shape index (κ1) is 18.1. The Morgan fingerprint density at radius 1 is 1.29 bits per heavy atom. The summed E-state index contributed by atoms with van der Waals surface area (Å²) in [6, 6.07) is 7.23. The summed E-state index contributed by atoms with van der Waals surface area (Å²) >= 11 is 0. The molecule has 2 rings (SSSR count). The van der Waals surface area contributed by atoms with Gasteiger partial charge in [0.05, 0.1) is 18.2 Å². The minimum absolute atomic E-state index is 0.0520. The highest BCUT2D eigenvalue weighted by molar-refractivity contribution is 5.78. The van der Waals surface area contributed by atoms with Crippen LogP contribution < -0.4 is 14.8 Å². The fraction of sp³-hybridized carbons (Fsp3) is 0.579. The van der Waals surface area contributed by atoms with E-state index in [1.165, 1.54) is 6.42 Å². The van der Waals surface area contributed by atoms with Gasteiger partial charge >= 0.3 is 0 Å². The van der Waals surface area contributed by atoms with Crippen molar-refractivity contribution in [3.05, 3.63) is 23.8 Å². The number of hydrogen-bond donors (Lipinski definition) is 1. The highest BCUT2D eigenvalue weighted by atomic mass is 16.5. The molecule has 1 aliphatic rings. The van der Waals surface area contributed by atoms with Crippen LogP contribution >= 0.6 is 0 Å². The second kappa shape index (κ2) is 8.58. The molecule has 1 N–H and O–H groups in total. The van der Waals surface area contributed by atoms with Gasteiger partial charge in [0.25, 0.3) is 5.91 Å². The van der Waals surface area contributed by atoms with Gasteiger partial charge in [-0.05, 0) is 37.3 Å². The second-order valence-corrected chi connectivity index (χ2v) is 6.44. The van der Waals surface area contributed by atoms with E-state index in [1.54, 1.807) is 18.2 Å². The Bertz CT molecular complexity index is 609. The molecule has 0 aromatic heterocycles. The monoisotopic (exact) mass is 330 g/mol. The zero-order valence-electron chi connectivity index (χ0n) is 14.7. The molecule has 0 aliphatic heterocycles. The summed E-state index contributed by atoms with van der Waals surface area (Å²) in [4.78, 5) is 12.2. The molecule has 130 valence electrons. The maximum Gasteiger partial charge on any atom is 0.258 e. The Kier molecular flexibility index (Phi) is 6.48. The fourth-order valence-electron chi connectivity index (χ4n) is 3.14. The van der Waals surface area contributed by atoms with Gasteiger partial charge in [-0.15, -0.1) is 0 Å². The fourth-order valence-corrected chi connectivity index (χ4v) is 3.14. The van der Waals surface area contributed by atoms with Crippen molar-refractivity contribution in [3.8, 4) is 17.6 Å². The molecule has 0 heterocycles. The highest BCUT2D eigenvalue weighted by Crippen LogP contribution is 2.30. The van der Waals surface area contributed by atoms with Gasteiger partial charge in [-0.2, -0.15) is 5.26 Å². The van der Waals surface area contributed by atoms with Crippen molar-refractivity contribution in [1.29, 1.82) is 5.26 Å². The van der Waals surface area contributed by atoms with E-state index in [-0.39, 0.29) is 18.6 Å². The number of rotatable bonds is 6. The van der Waals surface area contributed by atoms with E-state index in [1.807, 2.05) is 6.92 Å². The van der Waals surface area contributed by atoms with Gasteiger partial charge in [0, 0.05) is 12.1 Å². The van der Waals surface area contributed by atoms with Crippen LogP contribution in [0.2, 0.25) is 0 Å². The molecule has 5 heteroatoms. The molecule has 0 saturated heterocycles. The summed E-state index contributed by atoms with van der Waals surface area (Å²) in [7, 11) is 0. The van der Waals surface area contributed by atoms with Crippen molar-refractivity contribution >= 4 is 5.91 Å². The maximum atomic E-state index is 12.2. The third kappa shape index (κ3) is 4.64. The van der Waals surface area contributed by atoms with E-state index in [0.717, 1.165) is 12.8 Å². The van der Waals surface area contributed by atoms with E-state index < -0.39 is 0 Å². The molecule has 24 heavy (non-hydrogen) atoms. The number of carbonyl (C=O) groups is 1. The quantitative estimate of drug-likeness (QED) is 0.869. The predicted molar refractivity (Wildman–Crippen MR) is 91.9 cm³/mol. The number of ether oxygens (including phenoxy) is 2. The Morgan fingerprint density at radius 3 is 2.79 bits per heavy atom. The molecule has 1 aliphatic carbocycles. The number of carbonyl (C=O) groups excluding carboxylic acids is 1. The second-order valence-electron chi connectivity index (χ2n) is 6.44. The van der Waals surface area contributed by atoms with E-state index in [2.05, 4.69) is 25.2 Å². The molecule has 1 aromatic carbocycles. The molecule has 1 aromatic rings. The molecule has 0 bridgehead atoms. The van der Waals surface area contributed by atoms with Crippen LogP contribution in [0, 0.1) is 23.2 Å². The molecule has 1 fully saturated rings. The topological polar surface area (TPSA) is 71.3 Å². The van der Waals surface area contributed by atoms with Gasteiger partial charge in [0.15, 0.2) is 18.1 Å². The smallest absolute Gasteiger partial charge is 0.258 e. The van der Waals surface area contributed by atoms with Crippen molar-refractivity contribution < 1.29 is 14.3 Å². The van der Waals surface area contributed by atoms with Crippen LogP contribution in [0.5, 0.6) is 11.5 Å². The molecule has 0 spiro atoms. The van der Waals surface area contributed by atoms with E-state index in [0.29, 0.717) is 35.5 Å². The lowest BCUT2D eigenvalue weighted by molar-refractivity contribution is -0.124. The lowest BCUT2D eigenvalue weighted by Crippen LogP contribution is -2.45. The van der Waals surface area contributed by atoms with Crippen molar-refractivity contribution in [3.63, 3.8) is 0 Å². The van der Waals surface area contributed by atoms with Crippen LogP contribution in [0.25, 0.3) is 0 Å². The molecular formula is C19H26N2O3. The largest absolute Gasteiger partial charge is 0.490 e.